The lowest BCUT2D eigenvalue weighted by atomic mass is 9.88. The minimum Gasteiger partial charge on any atom is -0.345 e. The van der Waals surface area contributed by atoms with Crippen LogP contribution in [0.2, 0.25) is 0 Å². The minimum atomic E-state index is -0.0465. The maximum Gasteiger partial charge on any atom is 0.270 e. The molecule has 0 radical (unpaired) electrons. The van der Waals surface area contributed by atoms with Crippen LogP contribution in [0.25, 0.3) is 0 Å². The topological polar surface area (TPSA) is 42.0 Å². The van der Waals surface area contributed by atoms with Gasteiger partial charge in [0.1, 0.15) is 5.69 Å². The second-order valence-corrected chi connectivity index (χ2v) is 6.27. The van der Waals surface area contributed by atoms with Gasteiger partial charge in [0.25, 0.3) is 5.91 Å². The molecule has 0 bridgehead atoms. The van der Waals surface area contributed by atoms with Crippen LogP contribution in [0.4, 0.5) is 0 Å². The molecule has 0 aliphatic heterocycles. The van der Waals surface area contributed by atoms with Crippen LogP contribution in [0.15, 0.2) is 18.3 Å². The van der Waals surface area contributed by atoms with Crippen LogP contribution in [0, 0.1) is 0 Å². The normalized spacial score (nSPS) is 17.3. The van der Waals surface area contributed by atoms with Crippen LogP contribution in [0.1, 0.15) is 63.0 Å². The van der Waals surface area contributed by atoms with Gasteiger partial charge in [-0.3, -0.25) is 9.78 Å². The number of carbonyl (C=O) groups excluding carboxylic acids is 1. The lowest BCUT2D eigenvalue weighted by molar-refractivity contribution is 0.0925. The molecule has 1 amide bonds. The lowest BCUT2D eigenvalue weighted by Crippen LogP contribution is -2.36. The summed E-state index contributed by atoms with van der Waals surface area (Å²) in [7, 11) is 0. The molecule has 0 aromatic carbocycles. The van der Waals surface area contributed by atoms with Gasteiger partial charge in [-0.15, -0.1) is 0 Å². The van der Waals surface area contributed by atoms with Crippen LogP contribution in [0.3, 0.4) is 0 Å². The molecule has 1 aromatic heterocycles. The van der Waals surface area contributed by atoms with Gasteiger partial charge in [-0.2, -0.15) is 0 Å². The van der Waals surface area contributed by atoms with Gasteiger partial charge >= 0.3 is 0 Å². The van der Waals surface area contributed by atoms with E-state index < -0.39 is 0 Å². The number of nitrogens with zero attached hydrogens (tertiary/aromatic N) is 1. The number of nitrogens with one attached hydrogen (secondary N) is 1. The molecule has 3 heteroatoms. The van der Waals surface area contributed by atoms with Crippen molar-refractivity contribution >= 4 is 5.91 Å². The van der Waals surface area contributed by atoms with Crippen LogP contribution in [-0.2, 0) is 5.41 Å². The number of carbonyl (C=O) groups is 1. The summed E-state index contributed by atoms with van der Waals surface area (Å²) >= 11 is 0. The fourth-order valence-corrected chi connectivity index (χ4v) is 1.99. The van der Waals surface area contributed by atoms with E-state index in [4.69, 9.17) is 0 Å². The predicted octanol–water partition coefficient (Wildman–Crippen LogP) is 3.05. The van der Waals surface area contributed by atoms with Gasteiger partial charge in [0.2, 0.25) is 0 Å². The summed E-state index contributed by atoms with van der Waals surface area (Å²) in [6.45, 7) is 8.53. The van der Waals surface area contributed by atoms with Crippen molar-refractivity contribution in [3.63, 3.8) is 0 Å². The van der Waals surface area contributed by atoms with Crippen LogP contribution >= 0.6 is 0 Å². The Balaban J connectivity index is 2.08. The number of rotatable bonds is 3. The Labute approximate surface area is 109 Å². The van der Waals surface area contributed by atoms with Crippen molar-refractivity contribution in [1.29, 1.82) is 0 Å². The number of amides is 1. The SMILES string of the molecule is CCC1(NC(=O)c2ccc(C(C)(C)C)cn2)CC1. The molecule has 2 rings (SSSR count). The Morgan fingerprint density at radius 2 is 2.06 bits per heavy atom. The molecule has 98 valence electrons. The fourth-order valence-electron chi connectivity index (χ4n) is 1.99. The first-order chi connectivity index (χ1) is 8.36. The van der Waals surface area contributed by atoms with Crippen LogP contribution < -0.4 is 5.32 Å². The number of aromatic nitrogens is 1. The molecule has 1 aliphatic rings. The Bertz CT molecular complexity index is 439. The Hall–Kier alpha value is -1.38. The van der Waals surface area contributed by atoms with E-state index >= 15 is 0 Å². The zero-order chi connectivity index (χ0) is 13.4. The number of pyridine rings is 1. The summed E-state index contributed by atoms with van der Waals surface area (Å²) in [6.07, 6.45) is 4.99. The number of hydrogen-bond donors (Lipinski definition) is 1. The molecule has 1 aliphatic carbocycles. The Kier molecular flexibility index (Phi) is 3.18. The van der Waals surface area contributed by atoms with E-state index in [0.717, 1.165) is 24.8 Å². The van der Waals surface area contributed by atoms with Gasteiger partial charge in [0, 0.05) is 11.7 Å². The maximum absolute atomic E-state index is 12.0. The second kappa shape index (κ2) is 4.38. The quantitative estimate of drug-likeness (QED) is 0.890. The smallest absolute Gasteiger partial charge is 0.270 e. The van der Waals surface area contributed by atoms with Gasteiger partial charge in [0.05, 0.1) is 0 Å². The van der Waals surface area contributed by atoms with Crippen molar-refractivity contribution in [3.05, 3.63) is 29.6 Å². The van der Waals surface area contributed by atoms with Crippen LogP contribution in [0.5, 0.6) is 0 Å². The molecule has 1 saturated carbocycles. The molecule has 1 heterocycles. The van der Waals surface area contributed by atoms with Gasteiger partial charge in [-0.05, 0) is 36.3 Å². The third-order valence-electron chi connectivity index (χ3n) is 3.77. The van der Waals surface area contributed by atoms with E-state index in [2.05, 4.69) is 38.0 Å². The molecule has 1 fully saturated rings. The molecular weight excluding hydrogens is 224 g/mol. The summed E-state index contributed by atoms with van der Waals surface area (Å²) in [5.74, 6) is -0.0465. The first kappa shape index (κ1) is 13.1. The standard InChI is InChI=1S/C15H22N2O/c1-5-15(8-9-15)17-13(18)12-7-6-11(10-16-12)14(2,3)4/h6-7,10H,5,8-9H2,1-4H3,(H,17,18). The zero-order valence-corrected chi connectivity index (χ0v) is 11.7. The summed E-state index contributed by atoms with van der Waals surface area (Å²) in [5, 5.41) is 3.09. The third kappa shape index (κ3) is 2.71. The monoisotopic (exact) mass is 246 g/mol. The van der Waals surface area contributed by atoms with Crippen molar-refractivity contribution < 1.29 is 4.79 Å². The summed E-state index contributed by atoms with van der Waals surface area (Å²) in [6, 6.07) is 3.81. The van der Waals surface area contributed by atoms with Crippen molar-refractivity contribution in [3.8, 4) is 0 Å². The van der Waals surface area contributed by atoms with Crippen molar-refractivity contribution in [2.75, 3.05) is 0 Å². The summed E-state index contributed by atoms with van der Waals surface area (Å²) in [4.78, 5) is 16.3. The van der Waals surface area contributed by atoms with Crippen molar-refractivity contribution in [1.82, 2.24) is 10.3 Å². The summed E-state index contributed by atoms with van der Waals surface area (Å²) in [5.41, 5.74) is 1.79. The fraction of sp³-hybridized carbons (Fsp3) is 0.600. The highest BCUT2D eigenvalue weighted by Gasteiger charge is 2.42. The third-order valence-corrected chi connectivity index (χ3v) is 3.77. The van der Waals surface area contributed by atoms with Gasteiger partial charge < -0.3 is 5.32 Å². The highest BCUT2D eigenvalue weighted by Crippen LogP contribution is 2.38. The predicted molar refractivity (Wildman–Crippen MR) is 72.7 cm³/mol. The molecule has 0 spiro atoms. The molecule has 3 nitrogen and oxygen atoms in total. The minimum absolute atomic E-state index is 0.0465. The van der Waals surface area contributed by atoms with E-state index in [1.165, 1.54) is 0 Å². The second-order valence-electron chi connectivity index (χ2n) is 6.27. The number of hydrogen-bond acceptors (Lipinski definition) is 2. The van der Waals surface area contributed by atoms with E-state index in [1.807, 2.05) is 12.1 Å². The molecule has 1 aromatic rings. The first-order valence-electron chi connectivity index (χ1n) is 6.65. The van der Waals surface area contributed by atoms with E-state index in [0.29, 0.717) is 5.69 Å². The van der Waals surface area contributed by atoms with E-state index in [9.17, 15) is 4.79 Å². The molecule has 0 atom stereocenters. The first-order valence-corrected chi connectivity index (χ1v) is 6.65. The average molecular weight is 246 g/mol. The molecule has 0 unspecified atom stereocenters. The molecule has 18 heavy (non-hydrogen) atoms. The molecule has 1 N–H and O–H groups in total. The maximum atomic E-state index is 12.0. The van der Waals surface area contributed by atoms with Gasteiger partial charge in [0.15, 0.2) is 0 Å². The average Bonchev–Trinajstić information content (AvgIpc) is 3.08. The molecule has 0 saturated heterocycles. The Morgan fingerprint density at radius 1 is 1.39 bits per heavy atom. The van der Waals surface area contributed by atoms with E-state index in [1.54, 1.807) is 6.20 Å². The van der Waals surface area contributed by atoms with Crippen LogP contribution in [-0.4, -0.2) is 16.4 Å². The van der Waals surface area contributed by atoms with Gasteiger partial charge in [-0.1, -0.05) is 33.8 Å². The zero-order valence-electron chi connectivity index (χ0n) is 11.7. The van der Waals surface area contributed by atoms with Gasteiger partial charge in [-0.25, -0.2) is 0 Å². The van der Waals surface area contributed by atoms with Crippen molar-refractivity contribution in [2.45, 2.75) is 57.9 Å². The highest BCUT2D eigenvalue weighted by atomic mass is 16.2. The summed E-state index contributed by atoms with van der Waals surface area (Å²) < 4.78 is 0. The van der Waals surface area contributed by atoms with Crippen molar-refractivity contribution in [2.24, 2.45) is 0 Å². The van der Waals surface area contributed by atoms with E-state index in [-0.39, 0.29) is 16.9 Å². The lowest BCUT2D eigenvalue weighted by Gasteiger charge is -2.19. The Morgan fingerprint density at radius 3 is 2.44 bits per heavy atom. The molecular formula is C15H22N2O. The highest BCUT2D eigenvalue weighted by molar-refractivity contribution is 5.93. The largest absolute Gasteiger partial charge is 0.345 e.